The van der Waals surface area contributed by atoms with E-state index >= 15 is 0 Å². The summed E-state index contributed by atoms with van der Waals surface area (Å²) in [7, 11) is -1.93. The molecule has 0 bridgehead atoms. The van der Waals surface area contributed by atoms with Crippen LogP contribution in [0.3, 0.4) is 0 Å². The van der Waals surface area contributed by atoms with Crippen LogP contribution in [0.5, 0.6) is 5.75 Å². The van der Waals surface area contributed by atoms with Crippen LogP contribution < -0.4 is 9.64 Å². The average molecular weight is 458 g/mol. The fraction of sp³-hybridized carbons (Fsp3) is 0.458. The number of nitrogens with zero attached hydrogens (tertiary/aromatic N) is 3. The van der Waals surface area contributed by atoms with Gasteiger partial charge >= 0.3 is 0 Å². The van der Waals surface area contributed by atoms with Crippen molar-refractivity contribution in [3.05, 3.63) is 54.1 Å². The molecule has 0 aromatic heterocycles. The second-order valence-corrected chi connectivity index (χ2v) is 10.3. The van der Waals surface area contributed by atoms with Crippen LogP contribution in [0, 0.1) is 0 Å². The van der Waals surface area contributed by atoms with Crippen LogP contribution in [-0.4, -0.2) is 69.9 Å². The maximum Gasteiger partial charge on any atom is 0.254 e. The zero-order valence-electron chi connectivity index (χ0n) is 18.6. The summed E-state index contributed by atoms with van der Waals surface area (Å²) in [6, 6.07) is 14.4. The van der Waals surface area contributed by atoms with Gasteiger partial charge in [0.1, 0.15) is 5.75 Å². The second kappa shape index (κ2) is 9.92. The predicted octanol–water partition coefficient (Wildman–Crippen LogP) is 3.22. The van der Waals surface area contributed by atoms with Gasteiger partial charge in [-0.2, -0.15) is 4.31 Å². The standard InChI is InChI=1S/C24H31N3O4S/c1-31-22-11-9-21(10-12-22)25-15-17-26(18-16-25)24(28)20-7-6-8-23(19-20)32(29,30)27-13-4-2-3-5-14-27/h6-12,19H,2-5,13-18H2,1H3. The summed E-state index contributed by atoms with van der Waals surface area (Å²) in [5.41, 5.74) is 1.53. The Morgan fingerprint density at radius 2 is 1.50 bits per heavy atom. The molecule has 172 valence electrons. The highest BCUT2D eigenvalue weighted by Crippen LogP contribution is 2.23. The summed E-state index contributed by atoms with van der Waals surface area (Å²) < 4.78 is 33.0. The van der Waals surface area contributed by atoms with Crippen LogP contribution in [0.4, 0.5) is 5.69 Å². The maximum absolute atomic E-state index is 13.1. The molecule has 2 fully saturated rings. The number of carbonyl (C=O) groups excluding carboxylic acids is 1. The van der Waals surface area contributed by atoms with Gasteiger partial charge in [-0.1, -0.05) is 18.9 Å². The lowest BCUT2D eigenvalue weighted by molar-refractivity contribution is 0.0746. The summed E-state index contributed by atoms with van der Waals surface area (Å²) in [5.74, 6) is 0.699. The zero-order chi connectivity index (χ0) is 22.6. The maximum atomic E-state index is 13.1. The van der Waals surface area contributed by atoms with E-state index in [4.69, 9.17) is 4.74 Å². The minimum absolute atomic E-state index is 0.118. The summed E-state index contributed by atoms with van der Waals surface area (Å²) >= 11 is 0. The molecule has 0 atom stereocenters. The molecule has 2 aromatic rings. The highest BCUT2D eigenvalue weighted by molar-refractivity contribution is 7.89. The highest BCUT2D eigenvalue weighted by Gasteiger charge is 2.27. The number of carbonyl (C=O) groups is 1. The van der Waals surface area contributed by atoms with E-state index in [1.54, 1.807) is 40.6 Å². The third-order valence-electron chi connectivity index (χ3n) is 6.29. The Hall–Kier alpha value is -2.58. The molecule has 0 spiro atoms. The quantitative estimate of drug-likeness (QED) is 0.690. The van der Waals surface area contributed by atoms with Crippen LogP contribution in [0.25, 0.3) is 0 Å². The predicted molar refractivity (Wildman–Crippen MR) is 125 cm³/mol. The van der Waals surface area contributed by atoms with Gasteiger partial charge in [0.25, 0.3) is 5.91 Å². The molecule has 32 heavy (non-hydrogen) atoms. The molecule has 0 N–H and O–H groups in total. The van der Waals surface area contributed by atoms with Crippen LogP contribution in [-0.2, 0) is 10.0 Å². The molecule has 0 saturated carbocycles. The van der Waals surface area contributed by atoms with E-state index in [0.29, 0.717) is 31.7 Å². The van der Waals surface area contributed by atoms with Crippen molar-refractivity contribution >= 4 is 21.6 Å². The molecular formula is C24H31N3O4S. The van der Waals surface area contributed by atoms with E-state index in [1.165, 1.54) is 0 Å². The molecule has 0 aliphatic carbocycles. The third kappa shape index (κ3) is 4.91. The van der Waals surface area contributed by atoms with Crippen molar-refractivity contribution in [1.82, 2.24) is 9.21 Å². The van der Waals surface area contributed by atoms with E-state index in [9.17, 15) is 13.2 Å². The second-order valence-electron chi connectivity index (χ2n) is 8.32. The van der Waals surface area contributed by atoms with Crippen LogP contribution in [0.2, 0.25) is 0 Å². The first-order valence-corrected chi connectivity index (χ1v) is 12.7. The lowest BCUT2D eigenvalue weighted by atomic mass is 10.1. The van der Waals surface area contributed by atoms with Gasteiger partial charge in [0, 0.05) is 50.5 Å². The number of benzene rings is 2. The molecule has 8 heteroatoms. The monoisotopic (exact) mass is 457 g/mol. The Labute approximate surface area is 190 Å². The molecule has 2 aliphatic rings. The number of hydrogen-bond acceptors (Lipinski definition) is 5. The van der Waals surface area contributed by atoms with E-state index in [-0.39, 0.29) is 10.8 Å². The van der Waals surface area contributed by atoms with Crippen molar-refractivity contribution in [3.8, 4) is 5.75 Å². The van der Waals surface area contributed by atoms with E-state index in [2.05, 4.69) is 4.90 Å². The number of hydrogen-bond donors (Lipinski definition) is 0. The molecular weight excluding hydrogens is 426 g/mol. The number of anilines is 1. The van der Waals surface area contributed by atoms with Crippen molar-refractivity contribution in [1.29, 1.82) is 0 Å². The van der Waals surface area contributed by atoms with Gasteiger partial charge < -0.3 is 14.5 Å². The summed E-state index contributed by atoms with van der Waals surface area (Å²) in [5, 5.41) is 0. The summed E-state index contributed by atoms with van der Waals surface area (Å²) in [6.07, 6.45) is 3.90. The number of methoxy groups -OCH3 is 1. The Balaban J connectivity index is 1.43. The van der Waals surface area contributed by atoms with Crippen LogP contribution in [0.15, 0.2) is 53.4 Å². The molecule has 1 amide bonds. The van der Waals surface area contributed by atoms with Crippen molar-refractivity contribution in [2.75, 3.05) is 51.3 Å². The topological polar surface area (TPSA) is 70.2 Å². The largest absolute Gasteiger partial charge is 0.497 e. The molecule has 4 rings (SSSR count). The molecule has 2 aliphatic heterocycles. The average Bonchev–Trinajstić information content (AvgIpc) is 3.14. The Kier molecular flexibility index (Phi) is 7.01. The van der Waals surface area contributed by atoms with Gasteiger partial charge in [-0.3, -0.25) is 4.79 Å². The van der Waals surface area contributed by atoms with Gasteiger partial charge in [0.15, 0.2) is 0 Å². The summed E-state index contributed by atoms with van der Waals surface area (Å²) in [6.45, 7) is 3.73. The minimum Gasteiger partial charge on any atom is -0.497 e. The first-order chi connectivity index (χ1) is 15.5. The van der Waals surface area contributed by atoms with E-state index in [1.807, 2.05) is 24.3 Å². The van der Waals surface area contributed by atoms with Gasteiger partial charge in [0.2, 0.25) is 10.0 Å². The molecule has 2 saturated heterocycles. The number of ether oxygens (including phenoxy) is 1. The highest BCUT2D eigenvalue weighted by atomic mass is 32.2. The molecule has 0 radical (unpaired) electrons. The molecule has 7 nitrogen and oxygen atoms in total. The number of piperazine rings is 1. The fourth-order valence-electron chi connectivity index (χ4n) is 4.36. The fourth-order valence-corrected chi connectivity index (χ4v) is 5.93. The van der Waals surface area contributed by atoms with Crippen LogP contribution in [0.1, 0.15) is 36.0 Å². The Bertz CT molecular complexity index is 1020. The molecule has 2 aromatic carbocycles. The van der Waals surface area contributed by atoms with Crippen molar-refractivity contribution in [2.45, 2.75) is 30.6 Å². The third-order valence-corrected chi connectivity index (χ3v) is 8.18. The lowest BCUT2D eigenvalue weighted by Gasteiger charge is -2.36. The van der Waals surface area contributed by atoms with Crippen LogP contribution >= 0.6 is 0 Å². The number of amides is 1. The summed E-state index contributed by atoms with van der Waals surface area (Å²) in [4.78, 5) is 17.4. The smallest absolute Gasteiger partial charge is 0.254 e. The van der Waals surface area contributed by atoms with E-state index < -0.39 is 10.0 Å². The Morgan fingerprint density at radius 1 is 0.844 bits per heavy atom. The van der Waals surface area contributed by atoms with Gasteiger partial charge in [0.05, 0.1) is 12.0 Å². The minimum atomic E-state index is -3.58. The van der Waals surface area contributed by atoms with Gasteiger partial charge in [-0.05, 0) is 55.3 Å². The van der Waals surface area contributed by atoms with Gasteiger partial charge in [-0.15, -0.1) is 0 Å². The normalized spacial score (nSPS) is 18.3. The molecule has 2 heterocycles. The first kappa shape index (κ1) is 22.6. The van der Waals surface area contributed by atoms with Gasteiger partial charge in [-0.25, -0.2) is 8.42 Å². The van der Waals surface area contributed by atoms with E-state index in [0.717, 1.165) is 50.2 Å². The zero-order valence-corrected chi connectivity index (χ0v) is 19.4. The van der Waals surface area contributed by atoms with Crippen molar-refractivity contribution < 1.29 is 17.9 Å². The Morgan fingerprint density at radius 3 is 2.12 bits per heavy atom. The number of sulfonamides is 1. The first-order valence-electron chi connectivity index (χ1n) is 11.3. The van der Waals surface area contributed by atoms with Crippen molar-refractivity contribution in [2.24, 2.45) is 0 Å². The molecule has 0 unspecified atom stereocenters. The number of rotatable bonds is 5. The van der Waals surface area contributed by atoms with Crippen molar-refractivity contribution in [3.63, 3.8) is 0 Å². The SMILES string of the molecule is COc1ccc(N2CCN(C(=O)c3cccc(S(=O)(=O)N4CCCCCC4)c3)CC2)cc1. The lowest BCUT2D eigenvalue weighted by Crippen LogP contribution is -2.48.